The van der Waals surface area contributed by atoms with Crippen molar-refractivity contribution in [1.82, 2.24) is 0 Å². The number of carbonyl (C=O) groups excluding carboxylic acids is 2. The lowest BCUT2D eigenvalue weighted by Gasteiger charge is -2.56. The van der Waals surface area contributed by atoms with Gasteiger partial charge in [0, 0.05) is 12.8 Å². The molecule has 0 aromatic rings. The van der Waals surface area contributed by atoms with E-state index in [0.717, 1.165) is 0 Å². The summed E-state index contributed by atoms with van der Waals surface area (Å²) in [5.74, 6) is -0.847. The summed E-state index contributed by atoms with van der Waals surface area (Å²) in [4.78, 5) is 33.2. The van der Waals surface area contributed by atoms with Crippen LogP contribution in [0.3, 0.4) is 0 Å². The lowest BCUT2D eigenvalue weighted by Crippen LogP contribution is -2.70. The van der Waals surface area contributed by atoms with Crippen molar-refractivity contribution < 1.29 is 39.1 Å². The van der Waals surface area contributed by atoms with E-state index in [1.54, 1.807) is 0 Å². The van der Waals surface area contributed by atoms with Gasteiger partial charge in [0.2, 0.25) is 0 Å². The molecule has 0 aromatic carbocycles. The van der Waals surface area contributed by atoms with Crippen LogP contribution >= 0.6 is 0 Å². The first kappa shape index (κ1) is 17.1. The molecule has 3 fully saturated rings. The van der Waals surface area contributed by atoms with Crippen LogP contribution < -0.4 is 0 Å². The van der Waals surface area contributed by atoms with E-state index in [0.29, 0.717) is 12.8 Å². The van der Waals surface area contributed by atoms with Crippen LogP contribution in [0.1, 0.15) is 38.5 Å². The summed E-state index contributed by atoms with van der Waals surface area (Å²) in [5.41, 5.74) is -2.25. The fourth-order valence-corrected chi connectivity index (χ4v) is 3.10. The molecule has 0 spiro atoms. The van der Waals surface area contributed by atoms with E-state index in [4.69, 9.17) is 9.78 Å². The molecule has 3 aliphatic rings. The Morgan fingerprint density at radius 1 is 0.955 bits per heavy atom. The summed E-state index contributed by atoms with van der Waals surface area (Å²) in [5, 5.41) is 20.7. The third-order valence-electron chi connectivity index (χ3n) is 4.68. The zero-order valence-corrected chi connectivity index (χ0v) is 12.7. The summed E-state index contributed by atoms with van der Waals surface area (Å²) in [6.45, 7) is 0. The molecular weight excluding hydrogens is 296 g/mol. The number of methoxy groups -OCH3 is 2. The first-order valence-electron chi connectivity index (χ1n) is 7.26. The number of fused-ring (bicyclic) bond motifs is 3. The van der Waals surface area contributed by atoms with Gasteiger partial charge < -0.3 is 19.7 Å². The van der Waals surface area contributed by atoms with Gasteiger partial charge in [0.1, 0.15) is 23.4 Å². The van der Waals surface area contributed by atoms with Crippen molar-refractivity contribution in [3.05, 3.63) is 0 Å². The number of esters is 2. The highest BCUT2D eigenvalue weighted by molar-refractivity contribution is 5.69. The molecule has 8 nitrogen and oxygen atoms in total. The van der Waals surface area contributed by atoms with E-state index in [1.165, 1.54) is 14.2 Å². The second-order valence-electron chi connectivity index (χ2n) is 5.84. The topological polar surface area (TPSA) is 112 Å². The van der Waals surface area contributed by atoms with Crippen molar-refractivity contribution in [3.63, 3.8) is 0 Å². The molecule has 2 bridgehead atoms. The van der Waals surface area contributed by atoms with Crippen LogP contribution in [-0.2, 0) is 28.8 Å². The van der Waals surface area contributed by atoms with Gasteiger partial charge in [-0.15, -0.1) is 0 Å². The summed E-state index contributed by atoms with van der Waals surface area (Å²) in [7, 11) is 2.56. The molecule has 1 aliphatic carbocycles. The molecule has 3 rings (SSSR count). The second-order valence-corrected chi connectivity index (χ2v) is 5.84. The number of ether oxygens (including phenoxy) is 2. The van der Waals surface area contributed by atoms with Crippen LogP contribution in [0.5, 0.6) is 0 Å². The maximum Gasteiger partial charge on any atom is 0.305 e. The maximum absolute atomic E-state index is 11.3. The minimum absolute atomic E-state index is 0.0544. The molecule has 4 atom stereocenters. The van der Waals surface area contributed by atoms with Crippen LogP contribution in [0.2, 0.25) is 0 Å². The molecule has 126 valence electrons. The molecule has 22 heavy (non-hydrogen) atoms. The third-order valence-corrected chi connectivity index (χ3v) is 4.68. The van der Waals surface area contributed by atoms with E-state index in [1.807, 2.05) is 0 Å². The Hall–Kier alpha value is -1.22. The fraction of sp³-hybridized carbons (Fsp3) is 0.857. The van der Waals surface area contributed by atoms with E-state index in [2.05, 4.69) is 9.47 Å². The molecule has 0 aromatic heterocycles. The van der Waals surface area contributed by atoms with E-state index in [-0.39, 0.29) is 25.7 Å². The standard InChI is InChI=1S/C14H22O8/c1-19-9(15)3-5-13-7-8-14(22-21-13,12(18)11(13)17)6-4-10(16)20-2/h11-12,17-18H,3-8H2,1-2H3/t11-,12+,13-,14+. The lowest BCUT2D eigenvalue weighted by atomic mass is 9.67. The molecule has 0 unspecified atom stereocenters. The maximum atomic E-state index is 11.3. The molecule has 1 saturated carbocycles. The van der Waals surface area contributed by atoms with Gasteiger partial charge in [-0.25, -0.2) is 9.78 Å². The zero-order valence-electron chi connectivity index (χ0n) is 12.7. The van der Waals surface area contributed by atoms with Crippen molar-refractivity contribution >= 4 is 11.9 Å². The van der Waals surface area contributed by atoms with Gasteiger partial charge >= 0.3 is 11.9 Å². The summed E-state index contributed by atoms with van der Waals surface area (Å²) in [6, 6.07) is 0. The Morgan fingerprint density at radius 2 is 1.32 bits per heavy atom. The first-order valence-corrected chi connectivity index (χ1v) is 7.26. The fourth-order valence-electron chi connectivity index (χ4n) is 3.10. The van der Waals surface area contributed by atoms with Gasteiger partial charge in [-0.2, -0.15) is 0 Å². The van der Waals surface area contributed by atoms with Crippen molar-refractivity contribution in [2.75, 3.05) is 14.2 Å². The number of hydrogen-bond acceptors (Lipinski definition) is 8. The Bertz CT molecular complexity index is 387. The Kier molecular flexibility index (Phi) is 5.06. The SMILES string of the molecule is COC(=O)CC[C@]12CC[C@](CCC(=O)OC)(OO1)[C@@H](O)[C@H]2O. The van der Waals surface area contributed by atoms with Crippen molar-refractivity contribution in [2.24, 2.45) is 0 Å². The van der Waals surface area contributed by atoms with Crippen LogP contribution in [-0.4, -0.2) is 59.8 Å². The number of rotatable bonds is 6. The Balaban J connectivity index is 2.03. The largest absolute Gasteiger partial charge is 0.469 e. The summed E-state index contributed by atoms with van der Waals surface area (Å²) >= 11 is 0. The second kappa shape index (κ2) is 6.49. The van der Waals surface area contributed by atoms with Crippen molar-refractivity contribution in [3.8, 4) is 0 Å². The van der Waals surface area contributed by atoms with Crippen molar-refractivity contribution in [2.45, 2.75) is 61.9 Å². The van der Waals surface area contributed by atoms with Crippen LogP contribution in [0.25, 0.3) is 0 Å². The predicted octanol–water partition coefficient (Wildman–Crippen LogP) is -0.152. The summed E-state index contributed by atoms with van der Waals surface area (Å²) in [6.07, 6.45) is -1.07. The molecule has 0 amide bonds. The van der Waals surface area contributed by atoms with Gasteiger partial charge in [-0.05, 0) is 25.7 Å². The number of aliphatic hydroxyl groups is 2. The van der Waals surface area contributed by atoms with Crippen LogP contribution in [0.4, 0.5) is 0 Å². The third kappa shape index (κ3) is 2.96. The highest BCUT2D eigenvalue weighted by atomic mass is 17.2. The van der Waals surface area contributed by atoms with Gasteiger partial charge in [-0.1, -0.05) is 0 Å². The zero-order chi connectivity index (χ0) is 16.4. The van der Waals surface area contributed by atoms with Gasteiger partial charge in [0.05, 0.1) is 14.2 Å². The number of carbonyl (C=O) groups is 2. The van der Waals surface area contributed by atoms with Crippen molar-refractivity contribution in [1.29, 1.82) is 0 Å². The molecule has 2 heterocycles. The average molecular weight is 318 g/mol. The average Bonchev–Trinajstić information content (AvgIpc) is 2.56. The minimum Gasteiger partial charge on any atom is -0.469 e. The Morgan fingerprint density at radius 3 is 1.59 bits per heavy atom. The van der Waals surface area contributed by atoms with E-state index >= 15 is 0 Å². The van der Waals surface area contributed by atoms with Crippen LogP contribution in [0, 0.1) is 0 Å². The monoisotopic (exact) mass is 318 g/mol. The molecule has 0 radical (unpaired) electrons. The molecule has 2 aliphatic heterocycles. The molecular formula is C14H22O8. The highest BCUT2D eigenvalue weighted by Crippen LogP contribution is 2.50. The minimum atomic E-state index is -1.20. The number of hydrogen-bond donors (Lipinski definition) is 2. The van der Waals surface area contributed by atoms with Gasteiger partial charge in [-0.3, -0.25) is 9.59 Å². The summed E-state index contributed by atoms with van der Waals surface area (Å²) < 4.78 is 9.14. The van der Waals surface area contributed by atoms with Gasteiger partial charge in [0.15, 0.2) is 0 Å². The van der Waals surface area contributed by atoms with E-state index in [9.17, 15) is 19.8 Å². The smallest absolute Gasteiger partial charge is 0.305 e. The first-order chi connectivity index (χ1) is 10.4. The van der Waals surface area contributed by atoms with Gasteiger partial charge in [0.25, 0.3) is 0 Å². The van der Waals surface area contributed by atoms with Crippen LogP contribution in [0.15, 0.2) is 0 Å². The highest BCUT2D eigenvalue weighted by Gasteiger charge is 2.63. The number of aliphatic hydroxyl groups excluding tert-OH is 2. The predicted molar refractivity (Wildman–Crippen MR) is 71.4 cm³/mol. The normalized spacial score (nSPS) is 36.9. The molecule has 2 saturated heterocycles. The quantitative estimate of drug-likeness (QED) is 0.513. The molecule has 2 N–H and O–H groups in total. The lowest BCUT2D eigenvalue weighted by molar-refractivity contribution is -0.506. The molecule has 8 heteroatoms. The van der Waals surface area contributed by atoms with E-state index < -0.39 is 35.3 Å². The Labute approximate surface area is 128 Å².